The summed E-state index contributed by atoms with van der Waals surface area (Å²) in [5.41, 5.74) is 1.40. The number of anilines is 2. The molecule has 3 rings (SSSR count). The number of piperazine rings is 1. The van der Waals surface area contributed by atoms with Crippen LogP contribution in [0.3, 0.4) is 0 Å². The molecule has 0 unspecified atom stereocenters. The highest BCUT2D eigenvalue weighted by Gasteiger charge is 2.23. The van der Waals surface area contributed by atoms with Crippen LogP contribution in [0.25, 0.3) is 0 Å². The summed E-state index contributed by atoms with van der Waals surface area (Å²) in [5.74, 6) is 0. The number of hydrogen-bond acceptors (Lipinski definition) is 4. The highest BCUT2D eigenvalue weighted by molar-refractivity contribution is 7.92. The van der Waals surface area contributed by atoms with E-state index >= 15 is 0 Å². The topological polar surface area (TPSA) is 52.6 Å². The van der Waals surface area contributed by atoms with Gasteiger partial charge < -0.3 is 9.80 Å². The molecule has 140 valence electrons. The van der Waals surface area contributed by atoms with Gasteiger partial charge in [0.1, 0.15) is 4.90 Å². The standard InChI is InChI=1S/C18H21Cl2N3O2S/c1-2-22-9-11-23(12-10-22)17-6-4-3-5-16(17)21-26(24,25)18-13-14(19)7-8-15(18)20/h3-8,13,21H,2,9-12H2,1H3. The van der Waals surface area contributed by atoms with Crippen molar-refractivity contribution in [2.24, 2.45) is 0 Å². The second-order valence-corrected chi connectivity index (χ2v) is 8.61. The first-order valence-corrected chi connectivity index (χ1v) is 10.7. The molecule has 1 aliphatic rings. The summed E-state index contributed by atoms with van der Waals surface area (Å²) in [6, 6.07) is 11.8. The van der Waals surface area contributed by atoms with Gasteiger partial charge in [0.15, 0.2) is 0 Å². The van der Waals surface area contributed by atoms with E-state index in [2.05, 4.69) is 21.4 Å². The Morgan fingerprint density at radius 1 is 1.04 bits per heavy atom. The van der Waals surface area contributed by atoms with E-state index in [-0.39, 0.29) is 9.92 Å². The Labute approximate surface area is 164 Å². The fourth-order valence-electron chi connectivity index (χ4n) is 3.02. The van der Waals surface area contributed by atoms with Gasteiger partial charge in [0.05, 0.1) is 16.4 Å². The van der Waals surface area contributed by atoms with Crippen LogP contribution < -0.4 is 9.62 Å². The second-order valence-electron chi connectivity index (χ2n) is 6.12. The Morgan fingerprint density at radius 3 is 2.42 bits per heavy atom. The van der Waals surface area contributed by atoms with Crippen molar-refractivity contribution in [3.05, 3.63) is 52.5 Å². The van der Waals surface area contributed by atoms with Gasteiger partial charge in [-0.2, -0.15) is 0 Å². The molecule has 1 saturated heterocycles. The van der Waals surface area contributed by atoms with Gasteiger partial charge in [-0.05, 0) is 36.9 Å². The van der Waals surface area contributed by atoms with E-state index in [1.54, 1.807) is 12.1 Å². The lowest BCUT2D eigenvalue weighted by Gasteiger charge is -2.36. The molecule has 0 amide bonds. The van der Waals surface area contributed by atoms with E-state index in [1.807, 2.05) is 18.2 Å². The summed E-state index contributed by atoms with van der Waals surface area (Å²) in [5, 5.41) is 0.453. The number of sulfonamides is 1. The number of benzene rings is 2. The summed E-state index contributed by atoms with van der Waals surface area (Å²) in [7, 11) is -3.85. The van der Waals surface area contributed by atoms with Crippen LogP contribution in [0, 0.1) is 0 Å². The van der Waals surface area contributed by atoms with Gasteiger partial charge in [-0.15, -0.1) is 0 Å². The van der Waals surface area contributed by atoms with Crippen LogP contribution in [-0.2, 0) is 10.0 Å². The minimum Gasteiger partial charge on any atom is -0.367 e. The zero-order chi connectivity index (χ0) is 18.7. The predicted molar refractivity (Wildman–Crippen MR) is 108 cm³/mol. The maximum absolute atomic E-state index is 12.8. The zero-order valence-corrected chi connectivity index (χ0v) is 16.8. The highest BCUT2D eigenvalue weighted by Crippen LogP contribution is 2.31. The molecule has 1 heterocycles. The SMILES string of the molecule is CCN1CCN(c2ccccc2NS(=O)(=O)c2cc(Cl)ccc2Cl)CC1. The molecule has 26 heavy (non-hydrogen) atoms. The minimum atomic E-state index is -3.85. The van der Waals surface area contributed by atoms with Crippen molar-refractivity contribution in [2.45, 2.75) is 11.8 Å². The number of rotatable bonds is 5. The third-order valence-corrected chi connectivity index (χ3v) is 6.57. The summed E-state index contributed by atoms with van der Waals surface area (Å²) >= 11 is 12.0. The van der Waals surface area contributed by atoms with Crippen molar-refractivity contribution < 1.29 is 8.42 Å². The summed E-state index contributed by atoms with van der Waals surface area (Å²) in [6.07, 6.45) is 0. The lowest BCUT2D eigenvalue weighted by molar-refractivity contribution is 0.271. The van der Waals surface area contributed by atoms with Crippen molar-refractivity contribution in [3.8, 4) is 0 Å². The normalized spacial score (nSPS) is 15.9. The first-order chi connectivity index (χ1) is 12.4. The zero-order valence-electron chi connectivity index (χ0n) is 14.5. The van der Waals surface area contributed by atoms with Crippen LogP contribution in [0.4, 0.5) is 11.4 Å². The fourth-order valence-corrected chi connectivity index (χ4v) is 4.86. The van der Waals surface area contributed by atoms with Crippen LogP contribution in [0.5, 0.6) is 0 Å². The number of halogens is 2. The smallest absolute Gasteiger partial charge is 0.263 e. The maximum Gasteiger partial charge on any atom is 0.263 e. The average Bonchev–Trinajstić information content (AvgIpc) is 2.64. The van der Waals surface area contributed by atoms with Crippen molar-refractivity contribution in [1.29, 1.82) is 0 Å². The number of para-hydroxylation sites is 2. The van der Waals surface area contributed by atoms with Gasteiger partial charge in [0, 0.05) is 31.2 Å². The highest BCUT2D eigenvalue weighted by atomic mass is 35.5. The van der Waals surface area contributed by atoms with Crippen LogP contribution in [0.1, 0.15) is 6.92 Å². The Morgan fingerprint density at radius 2 is 1.73 bits per heavy atom. The van der Waals surface area contributed by atoms with Crippen molar-refractivity contribution >= 4 is 44.6 Å². The van der Waals surface area contributed by atoms with E-state index in [0.717, 1.165) is 38.4 Å². The average molecular weight is 414 g/mol. The maximum atomic E-state index is 12.8. The van der Waals surface area contributed by atoms with Crippen molar-refractivity contribution in [3.63, 3.8) is 0 Å². The van der Waals surface area contributed by atoms with E-state index in [4.69, 9.17) is 23.2 Å². The summed E-state index contributed by atoms with van der Waals surface area (Å²) < 4.78 is 28.3. The molecule has 8 heteroatoms. The Bertz CT molecular complexity index is 882. The van der Waals surface area contributed by atoms with Gasteiger partial charge in [0.2, 0.25) is 0 Å². The first kappa shape index (κ1) is 19.3. The van der Waals surface area contributed by atoms with E-state index in [0.29, 0.717) is 10.7 Å². The quantitative estimate of drug-likeness (QED) is 0.806. The van der Waals surface area contributed by atoms with E-state index in [9.17, 15) is 8.42 Å². The molecular weight excluding hydrogens is 393 g/mol. The third-order valence-electron chi connectivity index (χ3n) is 4.49. The molecule has 1 fully saturated rings. The Balaban J connectivity index is 1.88. The first-order valence-electron chi connectivity index (χ1n) is 8.45. The molecular formula is C18H21Cl2N3O2S. The molecule has 0 aliphatic carbocycles. The molecule has 1 N–H and O–H groups in total. The molecule has 0 radical (unpaired) electrons. The molecule has 0 bridgehead atoms. The largest absolute Gasteiger partial charge is 0.367 e. The molecule has 0 spiro atoms. The molecule has 2 aromatic rings. The number of likely N-dealkylation sites (N-methyl/N-ethyl adjacent to an activating group) is 1. The lowest BCUT2D eigenvalue weighted by Crippen LogP contribution is -2.46. The predicted octanol–water partition coefficient (Wildman–Crippen LogP) is 3.94. The Kier molecular flexibility index (Phi) is 5.97. The number of nitrogens with zero attached hydrogens (tertiary/aromatic N) is 2. The second kappa shape index (κ2) is 8.05. The number of nitrogens with one attached hydrogen (secondary N) is 1. The van der Waals surface area contributed by atoms with Crippen LogP contribution >= 0.6 is 23.2 Å². The minimum absolute atomic E-state index is 0.0303. The van der Waals surface area contributed by atoms with Crippen LogP contribution in [0.2, 0.25) is 10.0 Å². The number of hydrogen-bond donors (Lipinski definition) is 1. The lowest BCUT2D eigenvalue weighted by atomic mass is 10.2. The molecule has 0 atom stereocenters. The molecule has 5 nitrogen and oxygen atoms in total. The van der Waals surface area contributed by atoms with Crippen LogP contribution in [0.15, 0.2) is 47.4 Å². The van der Waals surface area contributed by atoms with Crippen molar-refractivity contribution in [2.75, 3.05) is 42.3 Å². The Hall–Kier alpha value is -1.47. The molecule has 0 aromatic heterocycles. The fraction of sp³-hybridized carbons (Fsp3) is 0.333. The van der Waals surface area contributed by atoms with Crippen LogP contribution in [-0.4, -0.2) is 46.0 Å². The van der Waals surface area contributed by atoms with Gasteiger partial charge >= 0.3 is 0 Å². The van der Waals surface area contributed by atoms with E-state index in [1.165, 1.54) is 12.1 Å². The van der Waals surface area contributed by atoms with Gasteiger partial charge in [-0.3, -0.25) is 4.72 Å². The van der Waals surface area contributed by atoms with Gasteiger partial charge in [0.25, 0.3) is 10.0 Å². The molecule has 0 saturated carbocycles. The molecule has 1 aliphatic heterocycles. The van der Waals surface area contributed by atoms with Gasteiger partial charge in [-0.1, -0.05) is 42.3 Å². The van der Waals surface area contributed by atoms with Gasteiger partial charge in [-0.25, -0.2) is 8.42 Å². The molecule has 2 aromatic carbocycles. The third kappa shape index (κ3) is 4.26. The summed E-state index contributed by atoms with van der Waals surface area (Å²) in [6.45, 7) is 6.78. The van der Waals surface area contributed by atoms with E-state index < -0.39 is 10.0 Å². The summed E-state index contributed by atoms with van der Waals surface area (Å²) in [4.78, 5) is 4.54. The van der Waals surface area contributed by atoms with Crippen molar-refractivity contribution in [1.82, 2.24) is 4.90 Å². The monoisotopic (exact) mass is 413 g/mol.